The predicted octanol–water partition coefficient (Wildman–Crippen LogP) is -1.09. The van der Waals surface area contributed by atoms with Gasteiger partial charge in [-0.1, -0.05) is 0 Å². The van der Waals surface area contributed by atoms with Gasteiger partial charge in [-0.25, -0.2) is 9.59 Å². The van der Waals surface area contributed by atoms with Crippen LogP contribution in [0.15, 0.2) is 12.2 Å². The van der Waals surface area contributed by atoms with Crippen LogP contribution in [0.25, 0.3) is 0 Å². The number of hydrogen-bond donors (Lipinski definition) is 3. The summed E-state index contributed by atoms with van der Waals surface area (Å²) in [7, 11) is 0. The molecule has 0 saturated heterocycles. The minimum Gasteiger partial charge on any atom is -0.478 e. The van der Waals surface area contributed by atoms with Crippen LogP contribution in [-0.4, -0.2) is 46.1 Å². The second-order valence-corrected chi connectivity index (χ2v) is 2.47. The van der Waals surface area contributed by atoms with E-state index in [0.29, 0.717) is 12.2 Å². The molecule has 14 heavy (non-hydrogen) atoms. The number of esters is 1. The van der Waals surface area contributed by atoms with Crippen LogP contribution in [0.1, 0.15) is 6.92 Å². The van der Waals surface area contributed by atoms with Gasteiger partial charge in [-0.15, -0.1) is 0 Å². The number of carboxylic acids is 1. The van der Waals surface area contributed by atoms with Gasteiger partial charge in [-0.3, -0.25) is 0 Å². The van der Waals surface area contributed by atoms with Crippen molar-refractivity contribution in [2.45, 2.75) is 12.5 Å². The van der Waals surface area contributed by atoms with E-state index in [2.05, 4.69) is 4.74 Å². The Labute approximate surface area is 80.4 Å². The van der Waals surface area contributed by atoms with Crippen LogP contribution in [0.2, 0.25) is 0 Å². The first-order valence-electron chi connectivity index (χ1n) is 3.89. The highest BCUT2D eigenvalue weighted by molar-refractivity contribution is 5.86. The summed E-state index contributed by atoms with van der Waals surface area (Å²) in [6.07, 6.45) is 1.24. The molecule has 0 bridgehead atoms. The van der Waals surface area contributed by atoms with E-state index >= 15 is 0 Å². The number of rotatable bonds is 5. The summed E-state index contributed by atoms with van der Waals surface area (Å²) < 4.78 is 4.44. The Bertz CT molecular complexity index is 246. The Balaban J connectivity index is 4.62. The maximum Gasteiger partial charge on any atom is 0.344 e. The number of ether oxygens (including phenoxy) is 1. The maximum absolute atomic E-state index is 11.0. The first kappa shape index (κ1) is 12.6. The number of carboxylic acid groups (broad SMARTS) is 1. The van der Waals surface area contributed by atoms with E-state index in [4.69, 9.17) is 10.2 Å². The molecule has 0 fully saturated rings. The van der Waals surface area contributed by atoms with E-state index in [1.165, 1.54) is 6.92 Å². The van der Waals surface area contributed by atoms with Crippen LogP contribution >= 0.6 is 0 Å². The van der Waals surface area contributed by atoms with Gasteiger partial charge in [0.1, 0.15) is 0 Å². The molecule has 1 atom stereocenters. The lowest BCUT2D eigenvalue weighted by Gasteiger charge is -2.18. The summed E-state index contributed by atoms with van der Waals surface area (Å²) in [4.78, 5) is 21.1. The van der Waals surface area contributed by atoms with Crippen molar-refractivity contribution in [3.05, 3.63) is 12.2 Å². The zero-order valence-corrected chi connectivity index (χ0v) is 7.64. The third-order valence-corrected chi connectivity index (χ3v) is 1.37. The smallest absolute Gasteiger partial charge is 0.344 e. The summed E-state index contributed by atoms with van der Waals surface area (Å²) in [5.41, 5.74) is -2.28. The fourth-order valence-electron chi connectivity index (χ4n) is 0.651. The van der Waals surface area contributed by atoms with E-state index in [0.717, 1.165) is 0 Å². The first-order chi connectivity index (χ1) is 6.46. The molecule has 1 unspecified atom stereocenters. The van der Waals surface area contributed by atoms with Crippen LogP contribution in [-0.2, 0) is 14.3 Å². The van der Waals surface area contributed by atoms with Crippen molar-refractivity contribution in [3.63, 3.8) is 0 Å². The Morgan fingerprint density at radius 2 is 2.07 bits per heavy atom. The number of aliphatic carboxylic acids is 1. The highest BCUT2D eigenvalue weighted by Gasteiger charge is 2.34. The zero-order chi connectivity index (χ0) is 11.2. The molecule has 0 rings (SSSR count). The summed E-state index contributed by atoms with van der Waals surface area (Å²) in [6.45, 7) is 0.619. The van der Waals surface area contributed by atoms with Gasteiger partial charge < -0.3 is 20.1 Å². The molecule has 0 aromatic carbocycles. The number of aliphatic hydroxyl groups is 2. The minimum absolute atomic E-state index is 0.0298. The molecule has 6 heteroatoms. The molecule has 0 aliphatic carbocycles. The Kier molecular flexibility index (Phi) is 4.82. The van der Waals surface area contributed by atoms with Crippen LogP contribution in [0.3, 0.4) is 0 Å². The van der Waals surface area contributed by atoms with Gasteiger partial charge in [0, 0.05) is 6.08 Å². The van der Waals surface area contributed by atoms with Gasteiger partial charge >= 0.3 is 11.9 Å². The summed E-state index contributed by atoms with van der Waals surface area (Å²) in [5, 5.41) is 26.3. The average Bonchev–Trinajstić information content (AvgIpc) is 2.14. The quantitative estimate of drug-likeness (QED) is 0.388. The first-order valence-corrected chi connectivity index (χ1v) is 3.89. The molecule has 0 saturated carbocycles. The molecule has 80 valence electrons. The number of hydrogen-bond acceptors (Lipinski definition) is 5. The van der Waals surface area contributed by atoms with Gasteiger partial charge in [0.2, 0.25) is 5.60 Å². The molecule has 0 aliphatic heterocycles. The van der Waals surface area contributed by atoms with Crippen LogP contribution < -0.4 is 0 Å². The molecule has 0 amide bonds. The molecule has 3 N–H and O–H groups in total. The van der Waals surface area contributed by atoms with E-state index in [1.54, 1.807) is 0 Å². The van der Waals surface area contributed by atoms with Crippen LogP contribution in [0.5, 0.6) is 0 Å². The Morgan fingerprint density at radius 3 is 2.43 bits per heavy atom. The molecule has 0 heterocycles. The normalized spacial score (nSPS) is 15.1. The second-order valence-electron chi connectivity index (χ2n) is 2.47. The lowest BCUT2D eigenvalue weighted by Crippen LogP contribution is -2.42. The number of carbonyl (C=O) groups excluding carboxylic acids is 1. The van der Waals surface area contributed by atoms with Crippen molar-refractivity contribution in [2.24, 2.45) is 0 Å². The second kappa shape index (κ2) is 5.36. The fourth-order valence-corrected chi connectivity index (χ4v) is 0.651. The van der Waals surface area contributed by atoms with E-state index in [-0.39, 0.29) is 6.61 Å². The standard InChI is InChI=1S/C8H12O6/c1-2-14-7(12)8(13,5-9)4-3-6(10)11/h3-4,9,13H,2,5H2,1H3,(H,10,11). The zero-order valence-electron chi connectivity index (χ0n) is 7.64. The molecular weight excluding hydrogens is 192 g/mol. The summed E-state index contributed by atoms with van der Waals surface area (Å²) in [6, 6.07) is 0. The molecular formula is C8H12O6. The third kappa shape index (κ3) is 3.55. The summed E-state index contributed by atoms with van der Waals surface area (Å²) in [5.74, 6) is -2.42. The summed E-state index contributed by atoms with van der Waals surface area (Å²) >= 11 is 0. The van der Waals surface area contributed by atoms with Gasteiger partial charge in [-0.05, 0) is 13.0 Å². The molecule has 0 spiro atoms. The molecule has 0 aromatic heterocycles. The molecule has 0 radical (unpaired) electrons. The van der Waals surface area contributed by atoms with Crippen LogP contribution in [0.4, 0.5) is 0 Å². The largest absolute Gasteiger partial charge is 0.478 e. The number of carbonyl (C=O) groups is 2. The lowest BCUT2D eigenvalue weighted by molar-refractivity contribution is -0.163. The Hall–Kier alpha value is -1.40. The SMILES string of the molecule is CCOC(=O)C(O)(C=CC(=O)O)CO. The van der Waals surface area contributed by atoms with Crippen molar-refractivity contribution in [2.75, 3.05) is 13.2 Å². The van der Waals surface area contributed by atoms with Crippen molar-refractivity contribution in [3.8, 4) is 0 Å². The van der Waals surface area contributed by atoms with Gasteiger partial charge in [0.05, 0.1) is 13.2 Å². The van der Waals surface area contributed by atoms with Gasteiger partial charge in [-0.2, -0.15) is 0 Å². The van der Waals surface area contributed by atoms with Gasteiger partial charge in [0.25, 0.3) is 0 Å². The highest BCUT2D eigenvalue weighted by atomic mass is 16.6. The van der Waals surface area contributed by atoms with Crippen molar-refractivity contribution < 1.29 is 29.6 Å². The predicted molar refractivity (Wildman–Crippen MR) is 45.4 cm³/mol. The monoisotopic (exact) mass is 204 g/mol. The van der Waals surface area contributed by atoms with Crippen molar-refractivity contribution >= 4 is 11.9 Å². The maximum atomic E-state index is 11.0. The van der Waals surface area contributed by atoms with E-state index in [9.17, 15) is 14.7 Å². The highest BCUT2D eigenvalue weighted by Crippen LogP contribution is 2.08. The van der Waals surface area contributed by atoms with E-state index < -0.39 is 24.1 Å². The van der Waals surface area contributed by atoms with Crippen LogP contribution in [0, 0.1) is 0 Å². The van der Waals surface area contributed by atoms with Crippen molar-refractivity contribution in [1.29, 1.82) is 0 Å². The molecule has 0 aliphatic rings. The Morgan fingerprint density at radius 1 is 1.50 bits per heavy atom. The average molecular weight is 204 g/mol. The molecule has 0 aromatic rings. The number of aliphatic hydroxyl groups excluding tert-OH is 1. The van der Waals surface area contributed by atoms with Crippen molar-refractivity contribution in [1.82, 2.24) is 0 Å². The van der Waals surface area contributed by atoms with E-state index in [1.807, 2.05) is 0 Å². The lowest BCUT2D eigenvalue weighted by atomic mass is 10.1. The minimum atomic E-state index is -2.28. The van der Waals surface area contributed by atoms with Gasteiger partial charge in [0.15, 0.2) is 0 Å². The molecule has 6 nitrogen and oxygen atoms in total. The third-order valence-electron chi connectivity index (χ3n) is 1.37. The fraction of sp³-hybridized carbons (Fsp3) is 0.500. The topological polar surface area (TPSA) is 104 Å².